The van der Waals surface area contributed by atoms with Crippen LogP contribution in [0.3, 0.4) is 0 Å². The molecule has 0 atom stereocenters. The van der Waals surface area contributed by atoms with Crippen LogP contribution in [0, 0.1) is 0 Å². The molecule has 0 aromatic heterocycles. The molecule has 11 rings (SSSR count). The maximum absolute atomic E-state index is 6.73. The van der Waals surface area contributed by atoms with E-state index in [-0.39, 0.29) is 0 Å². The van der Waals surface area contributed by atoms with Gasteiger partial charge in [-0.05, 0) is 98.4 Å². The second-order valence-corrected chi connectivity index (χ2v) is 14.5. The van der Waals surface area contributed by atoms with Crippen LogP contribution in [-0.4, -0.2) is 0 Å². The lowest BCUT2D eigenvalue weighted by molar-refractivity contribution is 0.439. The van der Waals surface area contributed by atoms with Gasteiger partial charge in [-0.3, -0.25) is 0 Å². The molecule has 9 aromatic carbocycles. The summed E-state index contributed by atoms with van der Waals surface area (Å²) in [6, 6.07) is 75.7. The highest BCUT2D eigenvalue weighted by Gasteiger charge is 2.46. The Morgan fingerprint density at radius 2 is 0.875 bits per heavy atom. The summed E-state index contributed by atoms with van der Waals surface area (Å²) in [5.41, 5.74) is 12.3. The summed E-state index contributed by atoms with van der Waals surface area (Å²) < 4.78 is 13.3. The number of hydrogen-bond donors (Lipinski definition) is 0. The summed E-state index contributed by atoms with van der Waals surface area (Å²) in [5, 5.41) is 2.05. The molecule has 56 heavy (non-hydrogen) atoms. The molecule has 0 N–H and O–H groups in total. The van der Waals surface area contributed by atoms with Crippen molar-refractivity contribution >= 4 is 27.8 Å². The molecule has 0 saturated heterocycles. The Bertz CT molecular complexity index is 2860. The van der Waals surface area contributed by atoms with Crippen LogP contribution < -0.4 is 14.4 Å². The van der Waals surface area contributed by atoms with Crippen molar-refractivity contribution in [2.75, 3.05) is 4.90 Å². The normalized spacial score (nSPS) is 13.1. The van der Waals surface area contributed by atoms with Crippen molar-refractivity contribution in [1.29, 1.82) is 0 Å². The molecule has 0 saturated carbocycles. The SMILES string of the molecule is c1ccc(-c2ccc(N(c3ccc4c(c3)Oc3cccc5cccc(c35)O4)c3ccc4c(c3)C(c3ccccc3)(c3ccccc3)c3ccccc3-4)cc2)cc1. The molecule has 3 nitrogen and oxygen atoms in total. The van der Waals surface area contributed by atoms with E-state index in [1.807, 2.05) is 30.3 Å². The van der Waals surface area contributed by atoms with E-state index in [9.17, 15) is 0 Å². The van der Waals surface area contributed by atoms with Crippen molar-refractivity contribution in [3.8, 4) is 45.3 Å². The summed E-state index contributed by atoms with van der Waals surface area (Å²) in [6.07, 6.45) is 0. The van der Waals surface area contributed by atoms with Crippen LogP contribution in [0.2, 0.25) is 0 Å². The van der Waals surface area contributed by atoms with Gasteiger partial charge in [0.2, 0.25) is 0 Å². The second kappa shape index (κ2) is 12.9. The number of fused-ring (bicyclic) bond motifs is 4. The number of ether oxygens (including phenoxy) is 2. The van der Waals surface area contributed by atoms with Gasteiger partial charge >= 0.3 is 0 Å². The summed E-state index contributed by atoms with van der Waals surface area (Å²) in [4.78, 5) is 2.33. The van der Waals surface area contributed by atoms with Crippen LogP contribution in [-0.2, 0) is 5.41 Å². The van der Waals surface area contributed by atoms with Crippen molar-refractivity contribution in [2.45, 2.75) is 5.41 Å². The molecule has 9 aromatic rings. The molecular weight excluding hydrogens is 683 g/mol. The molecule has 0 unspecified atom stereocenters. The van der Waals surface area contributed by atoms with Crippen molar-refractivity contribution in [3.05, 3.63) is 235 Å². The number of rotatable bonds is 6. The zero-order valence-corrected chi connectivity index (χ0v) is 30.5. The van der Waals surface area contributed by atoms with Gasteiger partial charge in [0.1, 0.15) is 11.5 Å². The van der Waals surface area contributed by atoms with Crippen molar-refractivity contribution < 1.29 is 9.47 Å². The molecule has 0 amide bonds. The van der Waals surface area contributed by atoms with Gasteiger partial charge in [0.05, 0.1) is 16.5 Å². The Labute approximate surface area is 326 Å². The van der Waals surface area contributed by atoms with E-state index >= 15 is 0 Å². The number of benzene rings is 9. The molecule has 0 fully saturated rings. The first kappa shape index (κ1) is 32.1. The highest BCUT2D eigenvalue weighted by atomic mass is 16.5. The summed E-state index contributed by atoms with van der Waals surface area (Å²) in [5.74, 6) is 2.90. The molecule has 2 aliphatic rings. The first-order chi connectivity index (χ1) is 27.8. The molecule has 1 aliphatic heterocycles. The predicted octanol–water partition coefficient (Wildman–Crippen LogP) is 14.2. The third-order valence-electron chi connectivity index (χ3n) is 11.4. The van der Waals surface area contributed by atoms with E-state index in [1.54, 1.807) is 0 Å². The number of hydrogen-bond acceptors (Lipinski definition) is 3. The van der Waals surface area contributed by atoms with E-state index in [0.717, 1.165) is 44.9 Å². The van der Waals surface area contributed by atoms with Crippen molar-refractivity contribution in [2.24, 2.45) is 0 Å². The number of nitrogens with zero attached hydrogens (tertiary/aromatic N) is 1. The van der Waals surface area contributed by atoms with Gasteiger partial charge in [-0.2, -0.15) is 0 Å². The third kappa shape index (κ3) is 4.98. The molecule has 1 aliphatic carbocycles. The molecule has 0 radical (unpaired) electrons. The minimum absolute atomic E-state index is 0.525. The van der Waals surface area contributed by atoms with Gasteiger partial charge in [0.15, 0.2) is 11.5 Å². The smallest absolute Gasteiger partial charge is 0.172 e. The van der Waals surface area contributed by atoms with Crippen LogP contribution in [0.15, 0.2) is 212 Å². The minimum Gasteiger partial charge on any atom is -0.453 e. The Morgan fingerprint density at radius 1 is 0.339 bits per heavy atom. The van der Waals surface area contributed by atoms with Crippen LogP contribution in [0.4, 0.5) is 17.1 Å². The molecular formula is C53H35NO2. The highest BCUT2D eigenvalue weighted by molar-refractivity contribution is 5.95. The van der Waals surface area contributed by atoms with Gasteiger partial charge in [-0.1, -0.05) is 158 Å². The lowest BCUT2D eigenvalue weighted by Crippen LogP contribution is -2.28. The molecule has 0 bridgehead atoms. The van der Waals surface area contributed by atoms with Gasteiger partial charge < -0.3 is 14.4 Å². The highest BCUT2D eigenvalue weighted by Crippen LogP contribution is 2.57. The van der Waals surface area contributed by atoms with E-state index < -0.39 is 5.41 Å². The zero-order valence-electron chi connectivity index (χ0n) is 30.5. The minimum atomic E-state index is -0.525. The lowest BCUT2D eigenvalue weighted by Gasteiger charge is -2.35. The third-order valence-corrected chi connectivity index (χ3v) is 11.4. The quantitative estimate of drug-likeness (QED) is 0.171. The van der Waals surface area contributed by atoms with Gasteiger partial charge in [0.25, 0.3) is 0 Å². The second-order valence-electron chi connectivity index (χ2n) is 14.5. The Morgan fingerprint density at radius 3 is 1.57 bits per heavy atom. The average molecular weight is 718 g/mol. The van der Waals surface area contributed by atoms with Crippen molar-refractivity contribution in [3.63, 3.8) is 0 Å². The fourth-order valence-electron chi connectivity index (χ4n) is 8.93. The van der Waals surface area contributed by atoms with Crippen LogP contribution in [0.5, 0.6) is 23.0 Å². The van der Waals surface area contributed by atoms with Crippen LogP contribution >= 0.6 is 0 Å². The Balaban J connectivity index is 1.13. The largest absolute Gasteiger partial charge is 0.453 e. The summed E-state index contributed by atoms with van der Waals surface area (Å²) in [7, 11) is 0. The van der Waals surface area contributed by atoms with Crippen molar-refractivity contribution in [1.82, 2.24) is 0 Å². The van der Waals surface area contributed by atoms with Crippen LogP contribution in [0.25, 0.3) is 33.0 Å². The van der Waals surface area contributed by atoms with E-state index in [2.05, 4.69) is 187 Å². The van der Waals surface area contributed by atoms with Gasteiger partial charge in [-0.25, -0.2) is 0 Å². The van der Waals surface area contributed by atoms with Crippen LogP contribution in [0.1, 0.15) is 22.3 Å². The molecule has 264 valence electrons. The monoisotopic (exact) mass is 717 g/mol. The standard InChI is InChI=1S/C53H35NO2/c1-4-14-36(15-5-1)37-26-28-41(29-27-37)54(43-31-33-48-51(35-43)56-50-25-13-17-38-16-12-24-49(55-48)52(38)50)42-30-32-45-44-22-10-11-23-46(44)53(47(45)34-42,39-18-6-2-7-19-39)40-20-8-3-9-21-40/h1-35H. The topological polar surface area (TPSA) is 21.7 Å². The molecule has 0 spiro atoms. The average Bonchev–Trinajstić information content (AvgIpc) is 3.45. The zero-order chi connectivity index (χ0) is 37.1. The Kier molecular flexibility index (Phi) is 7.39. The number of anilines is 3. The molecule has 1 heterocycles. The van der Waals surface area contributed by atoms with E-state index in [1.165, 1.54) is 38.9 Å². The first-order valence-corrected chi connectivity index (χ1v) is 19.1. The summed E-state index contributed by atoms with van der Waals surface area (Å²) in [6.45, 7) is 0. The summed E-state index contributed by atoms with van der Waals surface area (Å²) >= 11 is 0. The predicted molar refractivity (Wildman–Crippen MR) is 228 cm³/mol. The lowest BCUT2D eigenvalue weighted by atomic mass is 9.67. The van der Waals surface area contributed by atoms with E-state index in [0.29, 0.717) is 11.5 Å². The maximum atomic E-state index is 6.73. The fourth-order valence-corrected chi connectivity index (χ4v) is 8.93. The first-order valence-electron chi connectivity index (χ1n) is 19.1. The Hall–Kier alpha value is -7.36. The van der Waals surface area contributed by atoms with Gasteiger partial charge in [0, 0.05) is 17.4 Å². The van der Waals surface area contributed by atoms with Gasteiger partial charge in [-0.15, -0.1) is 0 Å². The maximum Gasteiger partial charge on any atom is 0.172 e. The molecule has 3 heteroatoms. The van der Waals surface area contributed by atoms with E-state index in [4.69, 9.17) is 9.47 Å². The fraction of sp³-hybridized carbons (Fsp3) is 0.0189.